The fraction of sp³-hybridized carbons (Fsp3) is 1.00. The summed E-state index contributed by atoms with van der Waals surface area (Å²) in [6.07, 6.45) is 11.3. The maximum atomic E-state index is 10.3. The van der Waals surface area contributed by atoms with Gasteiger partial charge in [0.05, 0.1) is 5.60 Å². The summed E-state index contributed by atoms with van der Waals surface area (Å²) in [5.74, 6) is 0. The van der Waals surface area contributed by atoms with Gasteiger partial charge >= 0.3 is 0 Å². The largest absolute Gasteiger partial charge is 0.390 e. The van der Waals surface area contributed by atoms with Crippen LogP contribution in [-0.4, -0.2) is 16.7 Å². The smallest absolute Gasteiger partial charge is 0.0649 e. The second-order valence-electron chi connectivity index (χ2n) is 5.23. The third-order valence-corrected chi connectivity index (χ3v) is 3.71. The molecule has 3 N–H and O–H groups in total. The normalized spacial score (nSPS) is 31.8. The first-order chi connectivity index (χ1) is 7.16. The molecule has 0 heterocycles. The average Bonchev–Trinajstić information content (AvgIpc) is 2.23. The lowest BCUT2D eigenvalue weighted by molar-refractivity contribution is -0.00989. The number of nitrogens with two attached hydrogens (primary N) is 1. The highest BCUT2D eigenvalue weighted by atomic mass is 16.3. The monoisotopic (exact) mass is 213 g/mol. The molecule has 0 aromatic heterocycles. The minimum absolute atomic E-state index is 0.338. The van der Waals surface area contributed by atoms with E-state index in [2.05, 4.69) is 6.92 Å². The van der Waals surface area contributed by atoms with Crippen molar-refractivity contribution < 1.29 is 5.11 Å². The molecule has 0 unspecified atom stereocenters. The van der Waals surface area contributed by atoms with E-state index >= 15 is 0 Å². The number of unbranched alkanes of at least 4 members (excludes halogenated alkanes) is 4. The minimum Gasteiger partial charge on any atom is -0.390 e. The van der Waals surface area contributed by atoms with Crippen molar-refractivity contribution in [2.24, 2.45) is 5.73 Å². The Kier molecular flexibility index (Phi) is 5.62. The van der Waals surface area contributed by atoms with Crippen molar-refractivity contribution in [3.05, 3.63) is 0 Å². The maximum absolute atomic E-state index is 10.3. The van der Waals surface area contributed by atoms with E-state index < -0.39 is 0 Å². The van der Waals surface area contributed by atoms with E-state index in [1.165, 1.54) is 32.1 Å². The summed E-state index contributed by atoms with van der Waals surface area (Å²) in [5, 5.41) is 10.3. The predicted molar refractivity (Wildman–Crippen MR) is 64.8 cm³/mol. The molecular formula is C13H27NO. The molecule has 1 saturated carbocycles. The van der Waals surface area contributed by atoms with Crippen molar-refractivity contribution in [1.29, 1.82) is 0 Å². The van der Waals surface area contributed by atoms with Crippen LogP contribution in [0.3, 0.4) is 0 Å². The van der Waals surface area contributed by atoms with Gasteiger partial charge in [0.25, 0.3) is 0 Å². The molecule has 0 aromatic carbocycles. The lowest BCUT2D eigenvalue weighted by atomic mass is 9.79. The van der Waals surface area contributed by atoms with Gasteiger partial charge in [-0.05, 0) is 32.1 Å². The third kappa shape index (κ3) is 4.98. The zero-order valence-electron chi connectivity index (χ0n) is 10.2. The molecule has 2 nitrogen and oxygen atoms in total. The van der Waals surface area contributed by atoms with E-state index in [0.717, 1.165) is 32.1 Å². The Morgan fingerprint density at radius 3 is 2.33 bits per heavy atom. The summed E-state index contributed by atoms with van der Waals surface area (Å²) in [6.45, 7) is 2.23. The fourth-order valence-electron chi connectivity index (χ4n) is 2.49. The van der Waals surface area contributed by atoms with Crippen molar-refractivity contribution >= 4 is 0 Å². The third-order valence-electron chi connectivity index (χ3n) is 3.71. The van der Waals surface area contributed by atoms with E-state index in [1.807, 2.05) is 0 Å². The zero-order chi connectivity index (χ0) is 11.1. The van der Waals surface area contributed by atoms with Gasteiger partial charge in [-0.3, -0.25) is 0 Å². The van der Waals surface area contributed by atoms with E-state index in [4.69, 9.17) is 5.73 Å². The molecule has 1 fully saturated rings. The second kappa shape index (κ2) is 6.49. The van der Waals surface area contributed by atoms with Crippen molar-refractivity contribution in [1.82, 2.24) is 0 Å². The van der Waals surface area contributed by atoms with Crippen LogP contribution in [0.2, 0.25) is 0 Å². The Balaban J connectivity index is 2.08. The van der Waals surface area contributed by atoms with Gasteiger partial charge in [0.1, 0.15) is 0 Å². The van der Waals surface area contributed by atoms with Crippen LogP contribution in [0, 0.1) is 0 Å². The van der Waals surface area contributed by atoms with Gasteiger partial charge in [-0.2, -0.15) is 0 Å². The molecule has 1 aliphatic carbocycles. The first kappa shape index (κ1) is 13.0. The highest BCUT2D eigenvalue weighted by molar-refractivity contribution is 4.86. The van der Waals surface area contributed by atoms with Gasteiger partial charge < -0.3 is 10.8 Å². The van der Waals surface area contributed by atoms with Crippen LogP contribution in [0.15, 0.2) is 0 Å². The Bertz CT molecular complexity index is 162. The van der Waals surface area contributed by atoms with Gasteiger partial charge in [-0.15, -0.1) is 0 Å². The number of rotatable bonds is 6. The van der Waals surface area contributed by atoms with Crippen LogP contribution in [0.5, 0.6) is 0 Å². The average molecular weight is 213 g/mol. The Morgan fingerprint density at radius 1 is 1.13 bits per heavy atom. The van der Waals surface area contributed by atoms with E-state index in [0.29, 0.717) is 6.04 Å². The molecule has 1 aliphatic rings. The van der Waals surface area contributed by atoms with Crippen molar-refractivity contribution in [3.8, 4) is 0 Å². The first-order valence-electron chi connectivity index (χ1n) is 6.64. The minimum atomic E-state index is -0.373. The van der Waals surface area contributed by atoms with Gasteiger partial charge in [-0.1, -0.05) is 39.0 Å². The quantitative estimate of drug-likeness (QED) is 0.666. The Hall–Kier alpha value is -0.0800. The van der Waals surface area contributed by atoms with Crippen LogP contribution in [0.25, 0.3) is 0 Å². The SMILES string of the molecule is CCCCCCCC1(O)CCC(N)CC1. The summed E-state index contributed by atoms with van der Waals surface area (Å²) in [5.41, 5.74) is 5.47. The van der Waals surface area contributed by atoms with E-state index in [9.17, 15) is 5.11 Å². The van der Waals surface area contributed by atoms with Gasteiger partial charge in [-0.25, -0.2) is 0 Å². The predicted octanol–water partition coefficient (Wildman–Crippen LogP) is 2.98. The maximum Gasteiger partial charge on any atom is 0.0649 e. The molecule has 0 aliphatic heterocycles. The second-order valence-corrected chi connectivity index (χ2v) is 5.23. The topological polar surface area (TPSA) is 46.2 Å². The zero-order valence-corrected chi connectivity index (χ0v) is 10.2. The van der Waals surface area contributed by atoms with E-state index in [-0.39, 0.29) is 5.60 Å². The molecule has 0 spiro atoms. The lowest BCUT2D eigenvalue weighted by Crippen LogP contribution is -2.38. The molecule has 1 rings (SSSR count). The molecule has 15 heavy (non-hydrogen) atoms. The lowest BCUT2D eigenvalue weighted by Gasteiger charge is -2.34. The van der Waals surface area contributed by atoms with Crippen LogP contribution in [-0.2, 0) is 0 Å². The number of hydrogen-bond donors (Lipinski definition) is 2. The highest BCUT2D eigenvalue weighted by Gasteiger charge is 2.30. The molecule has 0 atom stereocenters. The number of hydrogen-bond acceptors (Lipinski definition) is 2. The summed E-state index contributed by atoms with van der Waals surface area (Å²) in [6, 6.07) is 0.338. The van der Waals surface area contributed by atoms with Crippen LogP contribution < -0.4 is 5.73 Å². The summed E-state index contributed by atoms with van der Waals surface area (Å²) in [7, 11) is 0. The summed E-state index contributed by atoms with van der Waals surface area (Å²) in [4.78, 5) is 0. The van der Waals surface area contributed by atoms with Crippen molar-refractivity contribution in [3.63, 3.8) is 0 Å². The van der Waals surface area contributed by atoms with Crippen LogP contribution in [0.4, 0.5) is 0 Å². The molecule has 0 saturated heterocycles. The molecule has 0 radical (unpaired) electrons. The molecule has 0 bridgehead atoms. The molecule has 90 valence electrons. The molecular weight excluding hydrogens is 186 g/mol. The van der Waals surface area contributed by atoms with Gasteiger partial charge in [0, 0.05) is 6.04 Å². The molecule has 0 aromatic rings. The van der Waals surface area contributed by atoms with Crippen molar-refractivity contribution in [2.75, 3.05) is 0 Å². The molecule has 2 heteroatoms. The van der Waals surface area contributed by atoms with Gasteiger partial charge in [0.2, 0.25) is 0 Å². The summed E-state index contributed by atoms with van der Waals surface area (Å²) < 4.78 is 0. The highest BCUT2D eigenvalue weighted by Crippen LogP contribution is 2.32. The standard InChI is InChI=1S/C13H27NO/c1-2-3-4-5-6-9-13(15)10-7-12(14)8-11-13/h12,15H,2-11,14H2,1H3. The van der Waals surface area contributed by atoms with Crippen LogP contribution >= 0.6 is 0 Å². The van der Waals surface area contributed by atoms with E-state index in [1.54, 1.807) is 0 Å². The summed E-state index contributed by atoms with van der Waals surface area (Å²) >= 11 is 0. The Morgan fingerprint density at radius 2 is 1.73 bits per heavy atom. The van der Waals surface area contributed by atoms with Gasteiger partial charge in [0.15, 0.2) is 0 Å². The van der Waals surface area contributed by atoms with Crippen LogP contribution in [0.1, 0.15) is 71.1 Å². The first-order valence-corrected chi connectivity index (χ1v) is 6.64. The number of aliphatic hydroxyl groups is 1. The van der Waals surface area contributed by atoms with Crippen molar-refractivity contribution in [2.45, 2.75) is 82.8 Å². The fourth-order valence-corrected chi connectivity index (χ4v) is 2.49. The molecule has 0 amide bonds. The Labute approximate surface area is 94.2 Å².